The minimum Gasteiger partial charge on any atom is -0.506 e. The van der Waals surface area contributed by atoms with E-state index in [2.05, 4.69) is 36.5 Å². The molecule has 2 rings (SSSR count). The second kappa shape index (κ2) is 6.98. The molecule has 0 amide bonds. The molecule has 0 radical (unpaired) electrons. The minimum atomic E-state index is 0.0964. The molecule has 0 aliphatic rings. The predicted octanol–water partition coefficient (Wildman–Crippen LogP) is 4.34. The lowest BCUT2D eigenvalue weighted by atomic mass is 10.1. The molecule has 0 bridgehead atoms. The van der Waals surface area contributed by atoms with Gasteiger partial charge in [0.05, 0.1) is 5.02 Å². The largest absolute Gasteiger partial charge is 0.506 e. The molecule has 2 aromatic rings. The van der Waals surface area contributed by atoms with Gasteiger partial charge >= 0.3 is 0 Å². The maximum Gasteiger partial charge on any atom is 0.138 e. The summed E-state index contributed by atoms with van der Waals surface area (Å²) in [5.74, 6) is 0.0964. The number of aryl methyl sites for hydroxylation is 1. The van der Waals surface area contributed by atoms with Gasteiger partial charge in [0.1, 0.15) is 5.75 Å². The maximum absolute atomic E-state index is 9.84. The molecule has 106 valence electrons. The summed E-state index contributed by atoms with van der Waals surface area (Å²) in [7, 11) is 0. The molecule has 0 atom stereocenters. The van der Waals surface area contributed by atoms with Crippen molar-refractivity contribution >= 4 is 23.2 Å². The van der Waals surface area contributed by atoms with Crippen LogP contribution in [0.1, 0.15) is 16.7 Å². The summed E-state index contributed by atoms with van der Waals surface area (Å²) in [6.45, 7) is 3.45. The van der Waals surface area contributed by atoms with Crippen LogP contribution in [-0.2, 0) is 13.0 Å². The van der Waals surface area contributed by atoms with Crippen LogP contribution >= 0.6 is 23.2 Å². The zero-order valence-corrected chi connectivity index (χ0v) is 12.8. The first-order valence-electron chi connectivity index (χ1n) is 6.49. The molecule has 2 N–H and O–H groups in total. The van der Waals surface area contributed by atoms with Crippen molar-refractivity contribution in [3.05, 3.63) is 63.1 Å². The summed E-state index contributed by atoms with van der Waals surface area (Å²) < 4.78 is 0. The summed E-state index contributed by atoms with van der Waals surface area (Å²) in [4.78, 5) is 0. The molecule has 0 aliphatic heterocycles. The van der Waals surface area contributed by atoms with Crippen LogP contribution in [0.2, 0.25) is 10.0 Å². The van der Waals surface area contributed by atoms with E-state index < -0.39 is 0 Å². The number of hydrogen-bond donors (Lipinski definition) is 2. The van der Waals surface area contributed by atoms with Crippen LogP contribution in [0.5, 0.6) is 5.75 Å². The van der Waals surface area contributed by atoms with Crippen LogP contribution in [0.3, 0.4) is 0 Å². The van der Waals surface area contributed by atoms with E-state index in [1.54, 1.807) is 6.07 Å². The van der Waals surface area contributed by atoms with E-state index in [9.17, 15) is 5.11 Å². The molecule has 20 heavy (non-hydrogen) atoms. The highest BCUT2D eigenvalue weighted by atomic mass is 35.5. The topological polar surface area (TPSA) is 32.3 Å². The average Bonchev–Trinajstić information content (AvgIpc) is 2.40. The van der Waals surface area contributed by atoms with Gasteiger partial charge in [-0.15, -0.1) is 0 Å². The number of aromatic hydroxyl groups is 1. The molecule has 0 fully saturated rings. The van der Waals surface area contributed by atoms with Crippen molar-refractivity contribution in [2.75, 3.05) is 6.54 Å². The Kier molecular flexibility index (Phi) is 5.30. The Morgan fingerprint density at radius 3 is 2.70 bits per heavy atom. The van der Waals surface area contributed by atoms with Crippen LogP contribution in [0.25, 0.3) is 0 Å². The van der Waals surface area contributed by atoms with Gasteiger partial charge in [-0.05, 0) is 37.6 Å². The van der Waals surface area contributed by atoms with Crippen molar-refractivity contribution in [3.63, 3.8) is 0 Å². The highest BCUT2D eigenvalue weighted by molar-refractivity contribution is 6.35. The lowest BCUT2D eigenvalue weighted by molar-refractivity contribution is 0.465. The number of hydrogen-bond acceptors (Lipinski definition) is 2. The van der Waals surface area contributed by atoms with Gasteiger partial charge < -0.3 is 10.4 Å². The van der Waals surface area contributed by atoms with Gasteiger partial charge in [-0.3, -0.25) is 0 Å². The van der Waals surface area contributed by atoms with Crippen LogP contribution in [-0.4, -0.2) is 11.7 Å². The van der Waals surface area contributed by atoms with Crippen molar-refractivity contribution in [1.29, 1.82) is 0 Å². The number of phenols is 1. The number of benzene rings is 2. The molecule has 0 aliphatic carbocycles. The Hall–Kier alpha value is -1.22. The number of phenolic OH excluding ortho intramolecular Hbond substituents is 1. The monoisotopic (exact) mass is 309 g/mol. The van der Waals surface area contributed by atoms with Gasteiger partial charge in [-0.25, -0.2) is 0 Å². The van der Waals surface area contributed by atoms with Crippen LogP contribution in [0.4, 0.5) is 0 Å². The molecule has 2 aromatic carbocycles. The Morgan fingerprint density at radius 2 is 1.95 bits per heavy atom. The molecule has 4 heteroatoms. The Labute approximate surface area is 129 Å². The summed E-state index contributed by atoms with van der Waals surface area (Å²) >= 11 is 11.8. The van der Waals surface area contributed by atoms with Crippen LogP contribution in [0.15, 0.2) is 36.4 Å². The van der Waals surface area contributed by atoms with Crippen molar-refractivity contribution in [2.24, 2.45) is 0 Å². The highest BCUT2D eigenvalue weighted by Gasteiger charge is 2.07. The fourth-order valence-electron chi connectivity index (χ4n) is 2.08. The Bertz CT molecular complexity index is 599. The smallest absolute Gasteiger partial charge is 0.138 e. The zero-order valence-electron chi connectivity index (χ0n) is 11.3. The minimum absolute atomic E-state index is 0.0964. The molecule has 0 spiro atoms. The van der Waals surface area contributed by atoms with E-state index in [1.807, 2.05) is 0 Å². The number of halogens is 2. The average molecular weight is 310 g/mol. The second-order valence-corrected chi connectivity index (χ2v) is 5.65. The van der Waals surface area contributed by atoms with Crippen molar-refractivity contribution in [3.8, 4) is 5.75 Å². The Morgan fingerprint density at radius 1 is 1.15 bits per heavy atom. The SMILES string of the molecule is Cc1cccc(CCNCc2cc(Cl)cc(Cl)c2O)c1. The molecule has 0 saturated heterocycles. The summed E-state index contributed by atoms with van der Waals surface area (Å²) in [5.41, 5.74) is 3.28. The molecule has 0 aromatic heterocycles. The van der Waals surface area contributed by atoms with Gasteiger partial charge in [0.25, 0.3) is 0 Å². The third-order valence-electron chi connectivity index (χ3n) is 3.10. The third kappa shape index (κ3) is 4.14. The first-order valence-corrected chi connectivity index (χ1v) is 7.25. The lowest BCUT2D eigenvalue weighted by Crippen LogP contribution is -2.16. The van der Waals surface area contributed by atoms with Crippen molar-refractivity contribution in [2.45, 2.75) is 19.9 Å². The molecule has 0 heterocycles. The molecule has 0 saturated carbocycles. The molecular weight excluding hydrogens is 293 g/mol. The van der Waals surface area contributed by atoms with E-state index in [4.69, 9.17) is 23.2 Å². The summed E-state index contributed by atoms with van der Waals surface area (Å²) in [6, 6.07) is 11.7. The quantitative estimate of drug-likeness (QED) is 0.805. The number of nitrogens with one attached hydrogen (secondary N) is 1. The fourth-order valence-corrected chi connectivity index (χ4v) is 2.61. The van der Waals surface area contributed by atoms with E-state index in [0.29, 0.717) is 17.1 Å². The van der Waals surface area contributed by atoms with Gasteiger partial charge in [0.15, 0.2) is 0 Å². The maximum atomic E-state index is 9.84. The van der Waals surface area contributed by atoms with Gasteiger partial charge in [-0.1, -0.05) is 53.0 Å². The van der Waals surface area contributed by atoms with Gasteiger partial charge in [-0.2, -0.15) is 0 Å². The van der Waals surface area contributed by atoms with Crippen LogP contribution in [0, 0.1) is 6.92 Å². The van der Waals surface area contributed by atoms with E-state index in [-0.39, 0.29) is 10.8 Å². The molecule has 2 nitrogen and oxygen atoms in total. The van der Waals surface area contributed by atoms with E-state index in [1.165, 1.54) is 17.2 Å². The standard InChI is InChI=1S/C16H17Cl2NO/c1-11-3-2-4-12(7-11)5-6-19-10-13-8-14(17)9-15(18)16(13)20/h2-4,7-9,19-20H,5-6,10H2,1H3. The lowest BCUT2D eigenvalue weighted by Gasteiger charge is -2.09. The molecule has 0 unspecified atom stereocenters. The fraction of sp³-hybridized carbons (Fsp3) is 0.250. The first kappa shape index (κ1) is 15.2. The van der Waals surface area contributed by atoms with Gasteiger partial charge in [0.2, 0.25) is 0 Å². The van der Waals surface area contributed by atoms with E-state index >= 15 is 0 Å². The first-order chi connectivity index (χ1) is 9.56. The predicted molar refractivity (Wildman–Crippen MR) is 84.7 cm³/mol. The molecular formula is C16H17Cl2NO. The highest BCUT2D eigenvalue weighted by Crippen LogP contribution is 2.30. The Balaban J connectivity index is 1.87. The normalized spacial score (nSPS) is 10.8. The summed E-state index contributed by atoms with van der Waals surface area (Å²) in [6.07, 6.45) is 0.941. The second-order valence-electron chi connectivity index (χ2n) is 4.81. The van der Waals surface area contributed by atoms with E-state index in [0.717, 1.165) is 13.0 Å². The van der Waals surface area contributed by atoms with Crippen LogP contribution < -0.4 is 5.32 Å². The number of rotatable bonds is 5. The van der Waals surface area contributed by atoms with Crippen molar-refractivity contribution < 1.29 is 5.11 Å². The van der Waals surface area contributed by atoms with Gasteiger partial charge in [0, 0.05) is 17.1 Å². The third-order valence-corrected chi connectivity index (χ3v) is 3.60. The van der Waals surface area contributed by atoms with Crippen molar-refractivity contribution in [1.82, 2.24) is 5.32 Å². The summed E-state index contributed by atoms with van der Waals surface area (Å²) in [5, 5.41) is 13.9. The zero-order chi connectivity index (χ0) is 14.5.